The molecule has 0 saturated carbocycles. The molecule has 1 unspecified atom stereocenters. The Bertz CT molecular complexity index is 540. The van der Waals surface area contributed by atoms with Gasteiger partial charge in [-0.15, -0.1) is 11.6 Å². The van der Waals surface area contributed by atoms with E-state index in [1.54, 1.807) is 26.1 Å². The van der Waals surface area contributed by atoms with Crippen molar-refractivity contribution in [2.45, 2.75) is 44.5 Å². The first kappa shape index (κ1) is 16.5. The lowest BCUT2D eigenvalue weighted by Crippen LogP contribution is -2.38. The average Bonchev–Trinajstić information content (AvgIpc) is 2.36. The van der Waals surface area contributed by atoms with Gasteiger partial charge in [-0.1, -0.05) is 26.0 Å². The van der Waals surface area contributed by atoms with Gasteiger partial charge in [0.15, 0.2) is 0 Å². The molecule has 1 rings (SSSR count). The topological polar surface area (TPSA) is 37.4 Å². The average molecular weight is 304 g/mol. The second kappa shape index (κ2) is 6.25. The van der Waals surface area contributed by atoms with Crippen molar-refractivity contribution in [2.24, 2.45) is 5.92 Å². The molecule has 5 heteroatoms. The van der Waals surface area contributed by atoms with E-state index in [1.807, 2.05) is 26.8 Å². The molecule has 0 aliphatic rings. The van der Waals surface area contributed by atoms with Crippen LogP contribution in [0.2, 0.25) is 0 Å². The van der Waals surface area contributed by atoms with Crippen LogP contribution in [-0.4, -0.2) is 25.8 Å². The maximum atomic E-state index is 12.6. The second-order valence-electron chi connectivity index (χ2n) is 5.18. The Kier molecular flexibility index (Phi) is 5.42. The van der Waals surface area contributed by atoms with Gasteiger partial charge >= 0.3 is 0 Å². The molecule has 1 aromatic carbocycles. The van der Waals surface area contributed by atoms with Crippen molar-refractivity contribution >= 4 is 21.6 Å². The van der Waals surface area contributed by atoms with Crippen molar-refractivity contribution in [1.82, 2.24) is 4.31 Å². The van der Waals surface area contributed by atoms with Gasteiger partial charge in [-0.05, 0) is 37.0 Å². The summed E-state index contributed by atoms with van der Waals surface area (Å²) in [6.07, 6.45) is 0. The molecule has 0 heterocycles. The molecule has 0 saturated heterocycles. The zero-order valence-electron chi connectivity index (χ0n) is 12.1. The molecule has 0 aromatic heterocycles. The van der Waals surface area contributed by atoms with Crippen molar-refractivity contribution in [3.05, 3.63) is 29.3 Å². The number of hydrogen-bond donors (Lipinski definition) is 0. The minimum atomic E-state index is -3.47. The molecule has 3 nitrogen and oxygen atoms in total. The van der Waals surface area contributed by atoms with Gasteiger partial charge < -0.3 is 0 Å². The van der Waals surface area contributed by atoms with Crippen molar-refractivity contribution in [2.75, 3.05) is 7.05 Å². The molecule has 1 aromatic rings. The lowest BCUT2D eigenvalue weighted by molar-refractivity contribution is 0.315. The van der Waals surface area contributed by atoms with E-state index in [4.69, 9.17) is 11.6 Å². The van der Waals surface area contributed by atoms with Gasteiger partial charge in [0.2, 0.25) is 10.0 Å². The number of benzene rings is 1. The fourth-order valence-electron chi connectivity index (χ4n) is 1.88. The van der Waals surface area contributed by atoms with E-state index in [9.17, 15) is 8.42 Å². The van der Waals surface area contributed by atoms with Crippen LogP contribution >= 0.6 is 11.6 Å². The van der Waals surface area contributed by atoms with Gasteiger partial charge in [0.05, 0.1) is 4.90 Å². The first-order valence-electron chi connectivity index (χ1n) is 6.36. The highest BCUT2D eigenvalue weighted by Gasteiger charge is 2.28. The Morgan fingerprint density at radius 2 is 1.84 bits per heavy atom. The second-order valence-corrected chi connectivity index (χ2v) is 7.41. The molecular formula is C14H22ClNO2S. The van der Waals surface area contributed by atoms with Crippen molar-refractivity contribution in [1.29, 1.82) is 0 Å². The third kappa shape index (κ3) is 3.30. The van der Waals surface area contributed by atoms with Crippen LogP contribution in [0.15, 0.2) is 23.1 Å². The predicted molar refractivity (Wildman–Crippen MR) is 80.0 cm³/mol. The third-order valence-corrected chi connectivity index (χ3v) is 6.11. The molecule has 0 N–H and O–H groups in total. The van der Waals surface area contributed by atoms with Gasteiger partial charge in [0.1, 0.15) is 0 Å². The summed E-state index contributed by atoms with van der Waals surface area (Å²) in [5.41, 5.74) is 1.59. The van der Waals surface area contributed by atoms with E-state index in [0.717, 1.165) is 11.1 Å². The van der Waals surface area contributed by atoms with Crippen LogP contribution in [-0.2, 0) is 15.9 Å². The van der Waals surface area contributed by atoms with Gasteiger partial charge in [-0.25, -0.2) is 8.42 Å². The SMILES string of the molecule is Cc1c(CCl)cccc1S(=O)(=O)N(C)C(C)C(C)C. The van der Waals surface area contributed by atoms with Crippen LogP contribution in [0.4, 0.5) is 0 Å². The molecule has 108 valence electrons. The monoisotopic (exact) mass is 303 g/mol. The lowest BCUT2D eigenvalue weighted by Gasteiger charge is -2.28. The predicted octanol–water partition coefficient (Wildman–Crippen LogP) is 3.40. The van der Waals surface area contributed by atoms with E-state index in [2.05, 4.69) is 0 Å². The largest absolute Gasteiger partial charge is 0.243 e. The van der Waals surface area contributed by atoms with Crippen LogP contribution in [0.1, 0.15) is 31.9 Å². The number of alkyl halides is 1. The van der Waals surface area contributed by atoms with E-state index >= 15 is 0 Å². The molecule has 19 heavy (non-hydrogen) atoms. The molecule has 0 fully saturated rings. The van der Waals surface area contributed by atoms with Gasteiger partial charge in [0.25, 0.3) is 0 Å². The van der Waals surface area contributed by atoms with Crippen LogP contribution in [0.3, 0.4) is 0 Å². The van der Waals surface area contributed by atoms with Crippen molar-refractivity contribution in [3.8, 4) is 0 Å². The maximum absolute atomic E-state index is 12.6. The highest BCUT2D eigenvalue weighted by molar-refractivity contribution is 7.89. The summed E-state index contributed by atoms with van der Waals surface area (Å²) in [5, 5.41) is 0. The lowest BCUT2D eigenvalue weighted by atomic mass is 10.1. The molecule has 0 radical (unpaired) electrons. The Balaban J connectivity index is 3.28. The Labute approximate surface area is 121 Å². The summed E-state index contributed by atoms with van der Waals surface area (Å²) >= 11 is 5.84. The number of halogens is 1. The number of rotatable bonds is 5. The summed E-state index contributed by atoms with van der Waals surface area (Å²) in [6.45, 7) is 7.75. The van der Waals surface area contributed by atoms with Crippen LogP contribution in [0, 0.1) is 12.8 Å². The zero-order chi connectivity index (χ0) is 14.8. The zero-order valence-corrected chi connectivity index (χ0v) is 13.7. The Morgan fingerprint density at radius 1 is 1.26 bits per heavy atom. The molecular weight excluding hydrogens is 282 g/mol. The normalized spacial score (nSPS) is 14.1. The van der Waals surface area contributed by atoms with E-state index < -0.39 is 10.0 Å². The molecule has 1 atom stereocenters. The quantitative estimate of drug-likeness (QED) is 0.782. The molecule has 0 bridgehead atoms. The number of sulfonamides is 1. The van der Waals surface area contributed by atoms with Crippen LogP contribution < -0.4 is 0 Å². The third-order valence-electron chi connectivity index (χ3n) is 3.74. The molecule has 0 spiro atoms. The smallest absolute Gasteiger partial charge is 0.207 e. The first-order chi connectivity index (χ1) is 8.73. The van der Waals surface area contributed by atoms with Crippen LogP contribution in [0.5, 0.6) is 0 Å². The number of hydrogen-bond acceptors (Lipinski definition) is 2. The van der Waals surface area contributed by atoms with E-state index in [0.29, 0.717) is 10.8 Å². The Morgan fingerprint density at radius 3 is 2.32 bits per heavy atom. The van der Waals surface area contributed by atoms with Gasteiger partial charge in [-0.2, -0.15) is 4.31 Å². The summed E-state index contributed by atoms with van der Waals surface area (Å²) in [7, 11) is -1.84. The fraction of sp³-hybridized carbons (Fsp3) is 0.571. The van der Waals surface area contributed by atoms with Gasteiger partial charge in [0, 0.05) is 19.0 Å². The summed E-state index contributed by atoms with van der Waals surface area (Å²) in [6, 6.07) is 5.19. The van der Waals surface area contributed by atoms with Crippen molar-refractivity contribution in [3.63, 3.8) is 0 Å². The minimum Gasteiger partial charge on any atom is -0.207 e. The van der Waals surface area contributed by atoms with Gasteiger partial charge in [-0.3, -0.25) is 0 Å². The minimum absolute atomic E-state index is 0.0518. The molecule has 0 amide bonds. The van der Waals surface area contributed by atoms with E-state index in [-0.39, 0.29) is 12.0 Å². The first-order valence-corrected chi connectivity index (χ1v) is 8.33. The standard InChI is InChI=1S/C14H22ClNO2S/c1-10(2)12(4)16(5)19(17,18)14-8-6-7-13(9-15)11(14)3/h6-8,10,12H,9H2,1-5H3. The molecule has 0 aliphatic carbocycles. The molecule has 0 aliphatic heterocycles. The van der Waals surface area contributed by atoms with Crippen LogP contribution in [0.25, 0.3) is 0 Å². The number of nitrogens with zero attached hydrogens (tertiary/aromatic N) is 1. The van der Waals surface area contributed by atoms with E-state index in [1.165, 1.54) is 4.31 Å². The summed E-state index contributed by atoms with van der Waals surface area (Å²) in [5.74, 6) is 0.579. The summed E-state index contributed by atoms with van der Waals surface area (Å²) in [4.78, 5) is 0.348. The highest BCUT2D eigenvalue weighted by atomic mass is 35.5. The summed E-state index contributed by atoms with van der Waals surface area (Å²) < 4.78 is 26.7. The fourth-order valence-corrected chi connectivity index (χ4v) is 3.93. The highest BCUT2D eigenvalue weighted by Crippen LogP contribution is 2.25. The Hall–Kier alpha value is -0.580. The van der Waals surface area contributed by atoms with Crippen molar-refractivity contribution < 1.29 is 8.42 Å². The maximum Gasteiger partial charge on any atom is 0.243 e.